The Morgan fingerprint density at radius 1 is 0.853 bits per heavy atom. The lowest BCUT2D eigenvalue weighted by Crippen LogP contribution is -2.46. The number of rotatable bonds is 7. The number of hydrogen-bond acceptors (Lipinski definition) is 5. The van der Waals surface area contributed by atoms with Crippen LogP contribution in [0.25, 0.3) is 0 Å². The first kappa shape index (κ1) is 22.9. The minimum Gasteiger partial charge on any atom is -0.491 e. The molecule has 1 saturated heterocycles. The molecule has 34 heavy (non-hydrogen) atoms. The fraction of sp³-hybridized carbons (Fsp3) is 0.379. The lowest BCUT2D eigenvalue weighted by molar-refractivity contribution is 0.104. The van der Waals surface area contributed by atoms with Crippen LogP contribution in [0.2, 0.25) is 0 Å². The van der Waals surface area contributed by atoms with E-state index in [9.17, 15) is 5.11 Å². The predicted octanol–water partition coefficient (Wildman–Crippen LogP) is 3.94. The molecule has 2 aliphatic rings. The van der Waals surface area contributed by atoms with Gasteiger partial charge in [0.25, 0.3) is 0 Å². The number of aliphatic hydroxyl groups is 1. The second-order valence-corrected chi connectivity index (χ2v) is 9.55. The van der Waals surface area contributed by atoms with Crippen molar-refractivity contribution in [1.82, 2.24) is 9.80 Å². The highest BCUT2D eigenvalue weighted by Gasteiger charge is 2.31. The number of fused-ring (bicyclic) bond motifs is 1. The summed E-state index contributed by atoms with van der Waals surface area (Å²) < 4.78 is 6.43. The number of aliphatic hydroxyl groups excluding tert-OH is 1. The zero-order valence-electron chi connectivity index (χ0n) is 20.1. The van der Waals surface area contributed by atoms with Crippen molar-refractivity contribution in [3.05, 3.63) is 95.1 Å². The van der Waals surface area contributed by atoms with Gasteiger partial charge in [0, 0.05) is 62.1 Å². The highest BCUT2D eigenvalue weighted by atomic mass is 16.5. The van der Waals surface area contributed by atoms with Crippen LogP contribution in [-0.2, 0) is 26.1 Å². The van der Waals surface area contributed by atoms with E-state index in [0.29, 0.717) is 6.61 Å². The van der Waals surface area contributed by atoms with Crippen LogP contribution < -0.4 is 9.64 Å². The van der Waals surface area contributed by atoms with Crippen LogP contribution in [-0.4, -0.2) is 60.8 Å². The van der Waals surface area contributed by atoms with Crippen molar-refractivity contribution in [2.45, 2.75) is 32.2 Å². The molecule has 2 heterocycles. The van der Waals surface area contributed by atoms with Gasteiger partial charge in [0.1, 0.15) is 12.4 Å². The van der Waals surface area contributed by atoms with Crippen molar-refractivity contribution in [3.63, 3.8) is 0 Å². The predicted molar refractivity (Wildman–Crippen MR) is 137 cm³/mol. The molecular formula is C29H35N3O2. The Hall–Kier alpha value is -2.86. The number of likely N-dealkylation sites (N-methyl/N-ethyl adjacent to an activating group) is 1. The third kappa shape index (κ3) is 5.12. The van der Waals surface area contributed by atoms with E-state index in [4.69, 9.17) is 4.74 Å². The molecule has 5 rings (SSSR count). The van der Waals surface area contributed by atoms with E-state index in [0.717, 1.165) is 57.0 Å². The van der Waals surface area contributed by atoms with Gasteiger partial charge in [-0.15, -0.1) is 0 Å². The summed E-state index contributed by atoms with van der Waals surface area (Å²) in [7, 11) is 2.19. The fourth-order valence-electron chi connectivity index (χ4n) is 5.17. The van der Waals surface area contributed by atoms with Crippen molar-refractivity contribution < 1.29 is 9.84 Å². The number of anilines is 1. The van der Waals surface area contributed by atoms with E-state index in [1.54, 1.807) is 0 Å². The van der Waals surface area contributed by atoms with Crippen LogP contribution in [0.3, 0.4) is 0 Å². The van der Waals surface area contributed by atoms with E-state index in [1.807, 2.05) is 6.07 Å². The normalized spacial score (nSPS) is 18.6. The minimum absolute atomic E-state index is 0.00770. The Balaban J connectivity index is 1.45. The van der Waals surface area contributed by atoms with Crippen molar-refractivity contribution in [2.24, 2.45) is 0 Å². The van der Waals surface area contributed by atoms with Crippen molar-refractivity contribution >= 4 is 5.69 Å². The lowest BCUT2D eigenvalue weighted by atomic mass is 9.95. The van der Waals surface area contributed by atoms with Crippen LogP contribution in [0, 0.1) is 0 Å². The maximum atomic E-state index is 9.98. The second-order valence-electron chi connectivity index (χ2n) is 9.55. The lowest BCUT2D eigenvalue weighted by Gasteiger charge is -2.40. The van der Waals surface area contributed by atoms with Gasteiger partial charge in [0.05, 0.1) is 6.61 Å². The summed E-state index contributed by atoms with van der Waals surface area (Å²) in [6.45, 7) is 6.56. The third-order valence-corrected chi connectivity index (χ3v) is 7.16. The standard InChI is InChI=1S/C29H35N3O2/c1-30-14-16-31(17-15-30)28-13-12-25(21-33)29-27(28)18-26(22-34-29)32(19-23-8-4-2-5-9-23)20-24-10-6-3-7-11-24/h2-13,26,33H,14-22H2,1H3/t26-/m0/s1. The second kappa shape index (κ2) is 10.6. The summed E-state index contributed by atoms with van der Waals surface area (Å²) in [6, 6.07) is 25.9. The van der Waals surface area contributed by atoms with Crippen LogP contribution in [0.4, 0.5) is 5.69 Å². The molecule has 0 amide bonds. The average molecular weight is 458 g/mol. The van der Waals surface area contributed by atoms with Gasteiger partial charge in [-0.3, -0.25) is 4.90 Å². The molecule has 3 aromatic rings. The van der Waals surface area contributed by atoms with Gasteiger partial charge in [-0.25, -0.2) is 0 Å². The maximum Gasteiger partial charge on any atom is 0.130 e. The van der Waals surface area contributed by atoms with Crippen molar-refractivity contribution in [3.8, 4) is 5.75 Å². The molecule has 0 spiro atoms. The molecule has 5 nitrogen and oxygen atoms in total. The Morgan fingerprint density at radius 3 is 2.06 bits per heavy atom. The zero-order valence-corrected chi connectivity index (χ0v) is 20.1. The molecule has 0 aliphatic carbocycles. The summed E-state index contributed by atoms with van der Waals surface area (Å²) in [5.74, 6) is 0.898. The van der Waals surface area contributed by atoms with E-state index < -0.39 is 0 Å². The Morgan fingerprint density at radius 2 is 1.47 bits per heavy atom. The minimum atomic E-state index is 0.00770. The number of hydrogen-bond donors (Lipinski definition) is 1. The molecule has 1 atom stereocenters. The van der Waals surface area contributed by atoms with Crippen LogP contribution in [0.1, 0.15) is 22.3 Å². The summed E-state index contributed by atoms with van der Waals surface area (Å²) in [5, 5.41) is 9.98. The average Bonchev–Trinajstić information content (AvgIpc) is 2.89. The summed E-state index contributed by atoms with van der Waals surface area (Å²) in [6.07, 6.45) is 0.921. The molecule has 178 valence electrons. The molecule has 1 N–H and O–H groups in total. The molecule has 0 aromatic heterocycles. The van der Waals surface area contributed by atoms with Crippen LogP contribution in [0.15, 0.2) is 72.8 Å². The van der Waals surface area contributed by atoms with E-state index in [1.165, 1.54) is 22.4 Å². The van der Waals surface area contributed by atoms with Gasteiger partial charge in [-0.1, -0.05) is 66.7 Å². The monoisotopic (exact) mass is 457 g/mol. The van der Waals surface area contributed by atoms with Gasteiger partial charge in [-0.05, 0) is 30.7 Å². The number of ether oxygens (including phenoxy) is 1. The highest BCUT2D eigenvalue weighted by molar-refractivity contribution is 5.63. The molecule has 3 aromatic carbocycles. The third-order valence-electron chi connectivity index (χ3n) is 7.16. The topological polar surface area (TPSA) is 39.2 Å². The molecule has 0 bridgehead atoms. The smallest absolute Gasteiger partial charge is 0.130 e. The van der Waals surface area contributed by atoms with Crippen molar-refractivity contribution in [1.29, 1.82) is 0 Å². The molecule has 5 heteroatoms. The van der Waals surface area contributed by atoms with Crippen LogP contribution >= 0.6 is 0 Å². The van der Waals surface area contributed by atoms with Gasteiger partial charge < -0.3 is 19.6 Å². The van der Waals surface area contributed by atoms with Gasteiger partial charge >= 0.3 is 0 Å². The fourth-order valence-corrected chi connectivity index (χ4v) is 5.17. The largest absolute Gasteiger partial charge is 0.491 e. The Labute approximate surface area is 203 Å². The molecular weight excluding hydrogens is 422 g/mol. The van der Waals surface area contributed by atoms with Crippen LogP contribution in [0.5, 0.6) is 5.75 Å². The summed E-state index contributed by atoms with van der Waals surface area (Å²) in [4.78, 5) is 7.42. The van der Waals surface area contributed by atoms with E-state index in [-0.39, 0.29) is 12.6 Å². The first-order valence-corrected chi connectivity index (χ1v) is 12.3. The SMILES string of the molecule is CN1CCN(c2ccc(CO)c3c2C[C@H](N(Cc2ccccc2)Cc2ccccc2)CO3)CC1. The molecule has 0 unspecified atom stereocenters. The molecule has 2 aliphatic heterocycles. The molecule has 0 radical (unpaired) electrons. The van der Waals surface area contributed by atoms with E-state index >= 15 is 0 Å². The summed E-state index contributed by atoms with van der Waals surface area (Å²) in [5.41, 5.74) is 6.03. The summed E-state index contributed by atoms with van der Waals surface area (Å²) >= 11 is 0. The van der Waals surface area contributed by atoms with E-state index in [2.05, 4.69) is 88.5 Å². The van der Waals surface area contributed by atoms with Crippen molar-refractivity contribution in [2.75, 3.05) is 44.7 Å². The Bertz CT molecular complexity index is 1020. The number of nitrogens with zero attached hydrogens (tertiary/aromatic N) is 3. The Kier molecular flexibility index (Phi) is 7.14. The molecule has 1 fully saturated rings. The quantitative estimate of drug-likeness (QED) is 0.582. The highest BCUT2D eigenvalue weighted by Crippen LogP contribution is 2.38. The van der Waals surface area contributed by atoms with Gasteiger partial charge in [0.15, 0.2) is 0 Å². The number of piperazine rings is 1. The first-order chi connectivity index (χ1) is 16.7. The maximum absolute atomic E-state index is 9.98. The zero-order chi connectivity index (χ0) is 23.3. The van der Waals surface area contributed by atoms with Gasteiger partial charge in [-0.2, -0.15) is 0 Å². The number of benzene rings is 3. The van der Waals surface area contributed by atoms with Gasteiger partial charge in [0.2, 0.25) is 0 Å². The first-order valence-electron chi connectivity index (χ1n) is 12.3. The molecule has 0 saturated carbocycles.